The molecule has 0 unspecified atom stereocenters. The maximum atomic E-state index is 12.1. The van der Waals surface area contributed by atoms with Crippen molar-refractivity contribution < 1.29 is 9.90 Å². The lowest BCUT2D eigenvalue weighted by Gasteiger charge is -2.08. The molecule has 0 atom stereocenters. The fraction of sp³-hybridized carbons (Fsp3) is 0.125. The number of aryl methyl sites for hydroxylation is 1. The highest BCUT2D eigenvalue weighted by atomic mass is 16.2. The molecule has 1 amide bonds. The van der Waals surface area contributed by atoms with E-state index in [-0.39, 0.29) is 17.9 Å². The van der Waals surface area contributed by atoms with Crippen LogP contribution in [0.4, 0.5) is 5.69 Å². The molecule has 5 heteroatoms. The molecule has 0 aliphatic heterocycles. The number of rotatable bonds is 2. The zero-order valence-corrected chi connectivity index (χ0v) is 11.4. The van der Waals surface area contributed by atoms with Crippen molar-refractivity contribution in [3.8, 4) is 11.8 Å². The van der Waals surface area contributed by atoms with Crippen LogP contribution in [0.15, 0.2) is 41.2 Å². The molecule has 0 aliphatic carbocycles. The van der Waals surface area contributed by atoms with Gasteiger partial charge in [0.25, 0.3) is 5.91 Å². The van der Waals surface area contributed by atoms with Gasteiger partial charge in [-0.1, -0.05) is 24.0 Å². The highest BCUT2D eigenvalue weighted by molar-refractivity contribution is 6.03. The van der Waals surface area contributed by atoms with Gasteiger partial charge < -0.3 is 15.4 Å². The third-order valence-corrected chi connectivity index (χ3v) is 2.74. The van der Waals surface area contributed by atoms with E-state index in [1.807, 2.05) is 19.1 Å². The molecule has 0 aliphatic rings. The van der Waals surface area contributed by atoms with Gasteiger partial charge in [0.2, 0.25) is 5.56 Å². The number of hydrogen-bond acceptors (Lipinski definition) is 3. The summed E-state index contributed by atoms with van der Waals surface area (Å²) in [4.78, 5) is 25.8. The van der Waals surface area contributed by atoms with Crippen LogP contribution in [-0.4, -0.2) is 22.6 Å². The summed E-state index contributed by atoms with van der Waals surface area (Å²) in [7, 11) is 0. The maximum absolute atomic E-state index is 12.1. The molecule has 1 aromatic heterocycles. The maximum Gasteiger partial charge on any atom is 0.272 e. The minimum atomic E-state index is -0.427. The molecule has 2 aromatic rings. The number of H-pyrrole nitrogens is 1. The first-order chi connectivity index (χ1) is 10.1. The second-order valence-corrected chi connectivity index (χ2v) is 4.39. The Morgan fingerprint density at radius 3 is 2.86 bits per heavy atom. The summed E-state index contributed by atoms with van der Waals surface area (Å²) in [6.45, 7) is 1.65. The summed E-state index contributed by atoms with van der Waals surface area (Å²) in [6.07, 6.45) is 0. The Morgan fingerprint density at radius 2 is 2.14 bits per heavy atom. The van der Waals surface area contributed by atoms with Crippen molar-refractivity contribution in [2.45, 2.75) is 6.92 Å². The molecule has 5 nitrogen and oxygen atoms in total. The van der Waals surface area contributed by atoms with Gasteiger partial charge in [-0.3, -0.25) is 9.59 Å². The number of nitrogens with one attached hydrogen (secondary N) is 2. The van der Waals surface area contributed by atoms with Gasteiger partial charge in [0.15, 0.2) is 0 Å². The Morgan fingerprint density at radius 1 is 1.33 bits per heavy atom. The highest BCUT2D eigenvalue weighted by Gasteiger charge is 2.09. The fourth-order valence-corrected chi connectivity index (χ4v) is 1.78. The SMILES string of the molecule is Cc1ccc(NC(=O)c2cccc(=O)[nH]2)c(C#CCO)c1. The number of pyridine rings is 1. The number of hydrogen-bond donors (Lipinski definition) is 3. The van der Waals surface area contributed by atoms with Crippen molar-refractivity contribution >= 4 is 11.6 Å². The molecule has 2 rings (SSSR count). The van der Waals surface area contributed by atoms with Crippen LogP contribution in [0.3, 0.4) is 0 Å². The van der Waals surface area contributed by atoms with E-state index in [0.29, 0.717) is 11.3 Å². The van der Waals surface area contributed by atoms with Crippen molar-refractivity contribution in [3.05, 3.63) is 63.6 Å². The number of aliphatic hydroxyl groups is 1. The molecule has 0 saturated carbocycles. The zero-order chi connectivity index (χ0) is 15.2. The Bertz CT molecular complexity index is 782. The van der Waals surface area contributed by atoms with Gasteiger partial charge in [-0.15, -0.1) is 0 Å². The van der Waals surface area contributed by atoms with E-state index in [2.05, 4.69) is 22.1 Å². The van der Waals surface area contributed by atoms with Crippen LogP contribution < -0.4 is 10.9 Å². The minimum Gasteiger partial charge on any atom is -0.384 e. The topological polar surface area (TPSA) is 82.2 Å². The molecule has 0 spiro atoms. The number of carbonyl (C=O) groups excluding carboxylic acids is 1. The van der Waals surface area contributed by atoms with E-state index >= 15 is 0 Å². The van der Waals surface area contributed by atoms with Crippen LogP contribution >= 0.6 is 0 Å². The molecule has 0 radical (unpaired) electrons. The summed E-state index contributed by atoms with van der Waals surface area (Å²) in [6, 6.07) is 9.75. The van der Waals surface area contributed by atoms with Crippen LogP contribution in [0.1, 0.15) is 21.6 Å². The number of aliphatic hydroxyl groups excluding tert-OH is 1. The van der Waals surface area contributed by atoms with Crippen molar-refractivity contribution in [2.75, 3.05) is 11.9 Å². The third-order valence-electron chi connectivity index (χ3n) is 2.74. The van der Waals surface area contributed by atoms with Gasteiger partial charge in [-0.05, 0) is 30.7 Å². The molecular formula is C16H14N2O3. The number of aromatic amines is 1. The molecule has 0 saturated heterocycles. The van der Waals surface area contributed by atoms with Gasteiger partial charge >= 0.3 is 0 Å². The third kappa shape index (κ3) is 3.81. The number of benzene rings is 1. The summed E-state index contributed by atoms with van der Waals surface area (Å²) in [5.41, 5.74) is 1.95. The second-order valence-electron chi connectivity index (χ2n) is 4.39. The normalized spacial score (nSPS) is 9.62. The fourth-order valence-electron chi connectivity index (χ4n) is 1.78. The van der Waals surface area contributed by atoms with E-state index in [4.69, 9.17) is 5.11 Å². The number of aromatic nitrogens is 1. The van der Waals surface area contributed by atoms with E-state index in [9.17, 15) is 9.59 Å². The van der Waals surface area contributed by atoms with Crippen molar-refractivity contribution in [1.29, 1.82) is 0 Å². The van der Waals surface area contributed by atoms with Crippen LogP contribution in [0, 0.1) is 18.8 Å². The lowest BCUT2D eigenvalue weighted by molar-refractivity contribution is 0.102. The Labute approximate surface area is 121 Å². The van der Waals surface area contributed by atoms with Crippen molar-refractivity contribution in [3.63, 3.8) is 0 Å². The van der Waals surface area contributed by atoms with Crippen LogP contribution in [-0.2, 0) is 0 Å². The molecular weight excluding hydrogens is 268 g/mol. The van der Waals surface area contributed by atoms with Crippen LogP contribution in [0.25, 0.3) is 0 Å². The predicted octanol–water partition coefficient (Wildman–Crippen LogP) is 1.28. The number of carbonyl (C=O) groups is 1. The molecule has 0 bridgehead atoms. The lowest BCUT2D eigenvalue weighted by atomic mass is 10.1. The van der Waals surface area contributed by atoms with Gasteiger partial charge in [0.05, 0.1) is 5.69 Å². The van der Waals surface area contributed by atoms with E-state index < -0.39 is 5.91 Å². The first kappa shape index (κ1) is 14.6. The van der Waals surface area contributed by atoms with E-state index in [1.54, 1.807) is 6.07 Å². The Hall–Kier alpha value is -2.84. The quantitative estimate of drug-likeness (QED) is 0.726. The average molecular weight is 282 g/mol. The van der Waals surface area contributed by atoms with Crippen LogP contribution in [0.5, 0.6) is 0 Å². The molecule has 0 fully saturated rings. The zero-order valence-electron chi connectivity index (χ0n) is 11.4. The Balaban J connectivity index is 2.31. The molecule has 106 valence electrons. The first-order valence-electron chi connectivity index (χ1n) is 6.31. The monoisotopic (exact) mass is 282 g/mol. The van der Waals surface area contributed by atoms with Crippen molar-refractivity contribution in [2.24, 2.45) is 0 Å². The van der Waals surface area contributed by atoms with Gasteiger partial charge in [0, 0.05) is 11.6 Å². The molecule has 1 heterocycles. The van der Waals surface area contributed by atoms with E-state index in [0.717, 1.165) is 5.56 Å². The summed E-state index contributed by atoms with van der Waals surface area (Å²) >= 11 is 0. The molecule has 1 aromatic carbocycles. The minimum absolute atomic E-state index is 0.171. The Kier molecular flexibility index (Phi) is 4.54. The average Bonchev–Trinajstić information content (AvgIpc) is 2.47. The van der Waals surface area contributed by atoms with E-state index in [1.165, 1.54) is 18.2 Å². The van der Waals surface area contributed by atoms with Crippen LogP contribution in [0.2, 0.25) is 0 Å². The standard InChI is InChI=1S/C16H14N2O3/c1-11-7-8-13(12(10-11)4-3-9-19)18-16(21)14-5-2-6-15(20)17-14/h2,5-8,10,19H,9H2,1H3,(H,17,20)(H,18,21). The summed E-state index contributed by atoms with van der Waals surface area (Å²) < 4.78 is 0. The highest BCUT2D eigenvalue weighted by Crippen LogP contribution is 2.17. The summed E-state index contributed by atoms with van der Waals surface area (Å²) in [5.74, 6) is 4.91. The largest absolute Gasteiger partial charge is 0.384 e. The number of anilines is 1. The lowest BCUT2D eigenvalue weighted by Crippen LogP contribution is -2.18. The van der Waals surface area contributed by atoms with Crippen molar-refractivity contribution in [1.82, 2.24) is 4.98 Å². The summed E-state index contributed by atoms with van der Waals surface area (Å²) in [5, 5.41) is 11.5. The molecule has 21 heavy (non-hydrogen) atoms. The van der Waals surface area contributed by atoms with Gasteiger partial charge in [0.1, 0.15) is 12.3 Å². The second kappa shape index (κ2) is 6.55. The van der Waals surface area contributed by atoms with Gasteiger partial charge in [-0.2, -0.15) is 0 Å². The first-order valence-corrected chi connectivity index (χ1v) is 6.31. The smallest absolute Gasteiger partial charge is 0.272 e. The number of amides is 1. The molecule has 3 N–H and O–H groups in total. The predicted molar refractivity (Wildman–Crippen MR) is 80.2 cm³/mol. The van der Waals surface area contributed by atoms with Gasteiger partial charge in [-0.25, -0.2) is 0 Å².